The first-order chi connectivity index (χ1) is 11.1. The van der Waals surface area contributed by atoms with E-state index in [1.807, 2.05) is 26.2 Å². The summed E-state index contributed by atoms with van der Waals surface area (Å²) in [5.74, 6) is 0.388. The van der Waals surface area contributed by atoms with Crippen molar-refractivity contribution in [3.63, 3.8) is 0 Å². The van der Waals surface area contributed by atoms with Gasteiger partial charge in [0, 0.05) is 30.5 Å². The Morgan fingerprint density at radius 1 is 1.30 bits per heavy atom. The maximum absolute atomic E-state index is 11.8. The van der Waals surface area contributed by atoms with Gasteiger partial charge in [-0.05, 0) is 32.3 Å². The summed E-state index contributed by atoms with van der Waals surface area (Å²) in [6.07, 6.45) is 5.55. The van der Waals surface area contributed by atoms with Crippen LogP contribution in [-0.2, 0) is 11.2 Å². The number of carbonyl (C=O) groups is 1. The number of carbonyl (C=O) groups excluding carboxylic acids is 1. The first kappa shape index (κ1) is 16.9. The molecule has 0 saturated heterocycles. The third-order valence-corrected chi connectivity index (χ3v) is 3.75. The number of esters is 1. The second kappa shape index (κ2) is 7.71. The molecule has 0 bridgehead atoms. The summed E-state index contributed by atoms with van der Waals surface area (Å²) in [5.41, 5.74) is 2.92. The minimum absolute atomic E-state index is 0.106. The van der Waals surface area contributed by atoms with Crippen LogP contribution in [0.25, 0.3) is 0 Å². The Labute approximate surface area is 136 Å². The average molecular weight is 317 g/mol. The van der Waals surface area contributed by atoms with E-state index < -0.39 is 5.97 Å². The van der Waals surface area contributed by atoms with E-state index in [4.69, 9.17) is 4.74 Å². The van der Waals surface area contributed by atoms with E-state index in [2.05, 4.69) is 32.0 Å². The Morgan fingerprint density at radius 3 is 2.70 bits per heavy atom. The van der Waals surface area contributed by atoms with Crippen molar-refractivity contribution in [1.82, 2.24) is 20.2 Å². The van der Waals surface area contributed by atoms with Crippen LogP contribution in [-0.4, -0.2) is 46.3 Å². The van der Waals surface area contributed by atoms with Crippen molar-refractivity contribution >= 4 is 11.8 Å². The van der Waals surface area contributed by atoms with Gasteiger partial charge >= 0.3 is 5.97 Å². The standard InChI is InChI=1S/C16H23N5O2/c1-5-7-21(8-6-13-9-17-18-10-13)15-11(2)12(3)19-14(20-15)16(22)23-4/h9-10H,5-8H2,1-4H3,(H,17,18). The van der Waals surface area contributed by atoms with Crippen LogP contribution in [0.3, 0.4) is 0 Å². The number of aromatic nitrogens is 4. The largest absolute Gasteiger partial charge is 0.463 e. The van der Waals surface area contributed by atoms with Gasteiger partial charge in [-0.25, -0.2) is 14.8 Å². The molecule has 0 amide bonds. The lowest BCUT2D eigenvalue weighted by Crippen LogP contribution is -2.29. The molecular formula is C16H23N5O2. The van der Waals surface area contributed by atoms with Crippen molar-refractivity contribution in [3.05, 3.63) is 35.0 Å². The number of hydrogen-bond donors (Lipinski definition) is 1. The number of rotatable bonds is 7. The van der Waals surface area contributed by atoms with Crippen LogP contribution in [0.15, 0.2) is 12.4 Å². The number of nitrogens with one attached hydrogen (secondary N) is 1. The van der Waals surface area contributed by atoms with Gasteiger partial charge in [0.25, 0.3) is 0 Å². The second-order valence-electron chi connectivity index (χ2n) is 5.42. The normalized spacial score (nSPS) is 10.6. The predicted octanol–water partition coefficient (Wildman–Crippen LogP) is 2.06. The van der Waals surface area contributed by atoms with E-state index in [-0.39, 0.29) is 5.82 Å². The number of nitrogens with zero attached hydrogens (tertiary/aromatic N) is 4. The molecule has 0 atom stereocenters. The predicted molar refractivity (Wildman–Crippen MR) is 87.6 cm³/mol. The number of H-pyrrole nitrogens is 1. The summed E-state index contributed by atoms with van der Waals surface area (Å²) in [4.78, 5) is 22.6. The molecule has 2 rings (SSSR count). The minimum atomic E-state index is -0.513. The van der Waals surface area contributed by atoms with Gasteiger partial charge in [-0.2, -0.15) is 5.10 Å². The summed E-state index contributed by atoms with van der Waals surface area (Å²) in [6, 6.07) is 0. The molecule has 2 aromatic heterocycles. The van der Waals surface area contributed by atoms with Crippen molar-refractivity contribution in [2.24, 2.45) is 0 Å². The average Bonchev–Trinajstić information content (AvgIpc) is 3.06. The van der Waals surface area contributed by atoms with Crippen LogP contribution in [0, 0.1) is 13.8 Å². The van der Waals surface area contributed by atoms with E-state index in [1.165, 1.54) is 7.11 Å². The highest BCUT2D eigenvalue weighted by Gasteiger charge is 2.18. The lowest BCUT2D eigenvalue weighted by atomic mass is 10.2. The molecule has 23 heavy (non-hydrogen) atoms. The molecule has 2 heterocycles. The number of hydrogen-bond acceptors (Lipinski definition) is 6. The Balaban J connectivity index is 2.29. The lowest BCUT2D eigenvalue weighted by molar-refractivity contribution is 0.0586. The molecule has 7 heteroatoms. The van der Waals surface area contributed by atoms with Gasteiger partial charge in [0.2, 0.25) is 5.82 Å². The van der Waals surface area contributed by atoms with Crippen LogP contribution in [0.4, 0.5) is 5.82 Å². The molecule has 0 aromatic carbocycles. The summed E-state index contributed by atoms with van der Waals surface area (Å²) in [7, 11) is 1.34. The zero-order valence-corrected chi connectivity index (χ0v) is 14.1. The Hall–Kier alpha value is -2.44. The van der Waals surface area contributed by atoms with E-state index in [9.17, 15) is 4.79 Å². The molecule has 0 unspecified atom stereocenters. The molecule has 0 aliphatic rings. The van der Waals surface area contributed by atoms with Crippen molar-refractivity contribution < 1.29 is 9.53 Å². The Morgan fingerprint density at radius 2 is 2.09 bits per heavy atom. The maximum atomic E-state index is 11.8. The molecule has 124 valence electrons. The molecule has 0 radical (unpaired) electrons. The molecule has 0 spiro atoms. The van der Waals surface area contributed by atoms with Crippen molar-refractivity contribution in [2.75, 3.05) is 25.1 Å². The van der Waals surface area contributed by atoms with Gasteiger partial charge in [0.15, 0.2) is 0 Å². The fraction of sp³-hybridized carbons (Fsp3) is 0.500. The molecule has 0 aliphatic heterocycles. The highest BCUT2D eigenvalue weighted by atomic mass is 16.5. The first-order valence-corrected chi connectivity index (χ1v) is 7.73. The zero-order valence-electron chi connectivity index (χ0n) is 14.1. The summed E-state index contributed by atoms with van der Waals surface area (Å²) in [6.45, 7) is 7.63. The molecular weight excluding hydrogens is 294 g/mol. The van der Waals surface area contributed by atoms with E-state index in [1.54, 1.807) is 0 Å². The molecule has 0 saturated carbocycles. The monoisotopic (exact) mass is 317 g/mol. The smallest absolute Gasteiger partial charge is 0.376 e. The van der Waals surface area contributed by atoms with Gasteiger partial charge < -0.3 is 9.64 Å². The van der Waals surface area contributed by atoms with Crippen molar-refractivity contribution in [3.8, 4) is 0 Å². The maximum Gasteiger partial charge on any atom is 0.376 e. The summed E-state index contributed by atoms with van der Waals surface area (Å²) >= 11 is 0. The van der Waals surface area contributed by atoms with Gasteiger partial charge in [-0.3, -0.25) is 5.10 Å². The number of anilines is 1. The van der Waals surface area contributed by atoms with Crippen molar-refractivity contribution in [1.29, 1.82) is 0 Å². The topological polar surface area (TPSA) is 84.0 Å². The van der Waals surface area contributed by atoms with Crippen molar-refractivity contribution in [2.45, 2.75) is 33.6 Å². The van der Waals surface area contributed by atoms with E-state index >= 15 is 0 Å². The van der Waals surface area contributed by atoms with Gasteiger partial charge in [-0.1, -0.05) is 6.92 Å². The van der Waals surface area contributed by atoms with Crippen LogP contribution in [0.5, 0.6) is 0 Å². The number of aryl methyl sites for hydroxylation is 1. The quantitative estimate of drug-likeness (QED) is 0.787. The molecule has 2 aromatic rings. The number of ether oxygens (including phenoxy) is 1. The Bertz CT molecular complexity index is 655. The van der Waals surface area contributed by atoms with Gasteiger partial charge in [-0.15, -0.1) is 0 Å². The summed E-state index contributed by atoms with van der Waals surface area (Å²) < 4.78 is 4.75. The van der Waals surface area contributed by atoms with Crippen LogP contribution >= 0.6 is 0 Å². The first-order valence-electron chi connectivity index (χ1n) is 7.73. The second-order valence-corrected chi connectivity index (χ2v) is 5.42. The zero-order chi connectivity index (χ0) is 16.8. The van der Waals surface area contributed by atoms with E-state index in [0.29, 0.717) is 0 Å². The number of methoxy groups -OCH3 is 1. The van der Waals surface area contributed by atoms with E-state index in [0.717, 1.165) is 48.6 Å². The third-order valence-electron chi connectivity index (χ3n) is 3.75. The third kappa shape index (κ3) is 4.06. The fourth-order valence-corrected chi connectivity index (χ4v) is 2.38. The Kier molecular flexibility index (Phi) is 5.67. The van der Waals surface area contributed by atoms with Gasteiger partial charge in [0.1, 0.15) is 5.82 Å². The number of aromatic amines is 1. The van der Waals surface area contributed by atoms with Gasteiger partial charge in [0.05, 0.1) is 13.3 Å². The molecule has 1 N–H and O–H groups in total. The fourth-order valence-electron chi connectivity index (χ4n) is 2.38. The lowest BCUT2D eigenvalue weighted by Gasteiger charge is -2.25. The SMILES string of the molecule is CCCN(CCc1cn[nH]c1)c1nc(C(=O)OC)nc(C)c1C. The highest BCUT2D eigenvalue weighted by molar-refractivity contribution is 5.85. The molecule has 0 aliphatic carbocycles. The minimum Gasteiger partial charge on any atom is -0.463 e. The van der Waals surface area contributed by atoms with Crippen LogP contribution in [0.2, 0.25) is 0 Å². The molecule has 0 fully saturated rings. The van der Waals surface area contributed by atoms with Crippen LogP contribution in [0.1, 0.15) is 40.8 Å². The van der Waals surface area contributed by atoms with Crippen LogP contribution < -0.4 is 4.90 Å². The summed E-state index contributed by atoms with van der Waals surface area (Å²) in [5, 5.41) is 6.79. The highest BCUT2D eigenvalue weighted by Crippen LogP contribution is 2.21. The molecule has 7 nitrogen and oxygen atoms in total.